The summed E-state index contributed by atoms with van der Waals surface area (Å²) >= 11 is 0. The van der Waals surface area contributed by atoms with E-state index in [-0.39, 0.29) is 0 Å². The molecule has 0 amide bonds. The van der Waals surface area contributed by atoms with Gasteiger partial charge in [-0.1, -0.05) is 0 Å². The fraction of sp³-hybridized carbons (Fsp3) is 0.917. The molecule has 7 nitrogen and oxygen atoms in total. The fourth-order valence-electron chi connectivity index (χ4n) is 1.16. The Morgan fingerprint density at radius 3 is 1.84 bits per heavy atom. The molecule has 0 aromatic carbocycles. The van der Waals surface area contributed by atoms with Gasteiger partial charge in [-0.05, 0) is 6.42 Å². The quantitative estimate of drug-likeness (QED) is 0.361. The van der Waals surface area contributed by atoms with Gasteiger partial charge < -0.3 is 29.4 Å². The van der Waals surface area contributed by atoms with Crippen molar-refractivity contribution in [2.45, 2.75) is 12.5 Å². The Labute approximate surface area is 114 Å². The number of ether oxygens (including phenoxy) is 5. The second-order valence-corrected chi connectivity index (χ2v) is 3.75. The second kappa shape index (κ2) is 13.7. The Bertz CT molecular complexity index is 214. The van der Waals surface area contributed by atoms with Crippen LogP contribution in [0.25, 0.3) is 0 Å². The van der Waals surface area contributed by atoms with Gasteiger partial charge in [0, 0.05) is 13.7 Å². The van der Waals surface area contributed by atoms with Crippen molar-refractivity contribution >= 4 is 5.97 Å². The summed E-state index contributed by atoms with van der Waals surface area (Å²) in [7, 11) is 2.94. The van der Waals surface area contributed by atoms with Crippen LogP contribution in [0.3, 0.4) is 0 Å². The molecule has 0 aromatic heterocycles. The Balaban J connectivity index is 3.12. The molecule has 0 aliphatic rings. The molecule has 0 saturated carbocycles. The molecule has 0 fully saturated rings. The number of hydrogen-bond acceptors (Lipinski definition) is 7. The van der Waals surface area contributed by atoms with Crippen LogP contribution in [0.2, 0.25) is 0 Å². The van der Waals surface area contributed by atoms with Crippen LogP contribution in [0.4, 0.5) is 0 Å². The van der Waals surface area contributed by atoms with E-state index in [0.717, 1.165) is 0 Å². The summed E-state index contributed by atoms with van der Waals surface area (Å²) in [6.45, 7) is 3.58. The first kappa shape index (κ1) is 18.3. The first-order chi connectivity index (χ1) is 9.22. The van der Waals surface area contributed by atoms with Gasteiger partial charge in [-0.25, -0.2) is 0 Å². The van der Waals surface area contributed by atoms with Crippen molar-refractivity contribution in [3.05, 3.63) is 0 Å². The molecule has 0 bridgehead atoms. The van der Waals surface area contributed by atoms with Crippen LogP contribution in [-0.4, -0.2) is 72.5 Å². The highest BCUT2D eigenvalue weighted by molar-refractivity contribution is 5.75. The molecular formula is C12H25NO6. The van der Waals surface area contributed by atoms with Crippen LogP contribution in [0, 0.1) is 0 Å². The van der Waals surface area contributed by atoms with Crippen molar-refractivity contribution in [1.29, 1.82) is 0 Å². The number of nitrogens with two attached hydrogens (primary N) is 1. The summed E-state index contributed by atoms with van der Waals surface area (Å²) in [6.07, 6.45) is 0.437. The van der Waals surface area contributed by atoms with E-state index in [1.54, 1.807) is 7.11 Å². The average Bonchev–Trinajstić information content (AvgIpc) is 2.43. The number of hydrogen-bond donors (Lipinski definition) is 1. The summed E-state index contributed by atoms with van der Waals surface area (Å²) in [5, 5.41) is 0. The van der Waals surface area contributed by atoms with Crippen LogP contribution >= 0.6 is 0 Å². The number of rotatable bonds is 13. The molecule has 7 heteroatoms. The van der Waals surface area contributed by atoms with Crippen molar-refractivity contribution in [3.8, 4) is 0 Å². The van der Waals surface area contributed by atoms with Gasteiger partial charge in [0.2, 0.25) is 0 Å². The summed E-state index contributed by atoms with van der Waals surface area (Å²) in [5.41, 5.74) is 5.54. The van der Waals surface area contributed by atoms with Crippen LogP contribution in [0.5, 0.6) is 0 Å². The molecule has 0 heterocycles. The molecule has 0 aliphatic carbocycles. The van der Waals surface area contributed by atoms with E-state index in [9.17, 15) is 4.79 Å². The molecule has 1 atom stereocenters. The van der Waals surface area contributed by atoms with Crippen molar-refractivity contribution < 1.29 is 28.5 Å². The number of carbonyl (C=O) groups is 1. The van der Waals surface area contributed by atoms with Gasteiger partial charge in [-0.3, -0.25) is 4.79 Å². The molecule has 2 N–H and O–H groups in total. The lowest BCUT2D eigenvalue weighted by Crippen LogP contribution is -2.32. The molecule has 19 heavy (non-hydrogen) atoms. The van der Waals surface area contributed by atoms with Crippen LogP contribution in [0.15, 0.2) is 0 Å². The van der Waals surface area contributed by atoms with Gasteiger partial charge in [-0.15, -0.1) is 0 Å². The lowest BCUT2D eigenvalue weighted by molar-refractivity contribution is -0.142. The van der Waals surface area contributed by atoms with Gasteiger partial charge in [0.15, 0.2) is 0 Å². The number of methoxy groups -OCH3 is 2. The highest BCUT2D eigenvalue weighted by Crippen LogP contribution is 1.92. The summed E-state index contributed by atoms with van der Waals surface area (Å²) in [4.78, 5) is 11.0. The SMILES string of the molecule is COCCOCCOCCOCCC(N)C(=O)OC. The Morgan fingerprint density at radius 2 is 1.37 bits per heavy atom. The maximum atomic E-state index is 11.0. The van der Waals surface area contributed by atoms with Crippen molar-refractivity contribution in [1.82, 2.24) is 0 Å². The molecular weight excluding hydrogens is 254 g/mol. The van der Waals surface area contributed by atoms with E-state index in [1.165, 1.54) is 7.11 Å². The van der Waals surface area contributed by atoms with Crippen molar-refractivity contribution in [2.75, 3.05) is 60.5 Å². The average molecular weight is 279 g/mol. The Morgan fingerprint density at radius 1 is 0.895 bits per heavy atom. The zero-order valence-corrected chi connectivity index (χ0v) is 11.8. The van der Waals surface area contributed by atoms with Gasteiger partial charge in [0.05, 0.1) is 46.8 Å². The molecule has 0 rings (SSSR count). The van der Waals surface area contributed by atoms with E-state index in [2.05, 4.69) is 4.74 Å². The van der Waals surface area contributed by atoms with Crippen LogP contribution in [0.1, 0.15) is 6.42 Å². The third-order valence-corrected chi connectivity index (χ3v) is 2.25. The minimum atomic E-state index is -0.625. The largest absolute Gasteiger partial charge is 0.468 e. The molecule has 114 valence electrons. The maximum Gasteiger partial charge on any atom is 0.322 e. The molecule has 0 aromatic rings. The third kappa shape index (κ3) is 12.1. The standard InChI is InChI=1S/C12H25NO6/c1-15-5-6-18-9-10-19-8-7-17-4-3-11(13)12(14)16-2/h11H,3-10,13H2,1-2H3. The van der Waals surface area contributed by atoms with Crippen LogP contribution in [-0.2, 0) is 28.5 Å². The van der Waals surface area contributed by atoms with Crippen molar-refractivity contribution in [2.24, 2.45) is 5.73 Å². The maximum absolute atomic E-state index is 11.0. The Hall–Kier alpha value is -0.730. The van der Waals surface area contributed by atoms with E-state index < -0.39 is 12.0 Å². The van der Waals surface area contributed by atoms with E-state index in [0.29, 0.717) is 52.7 Å². The number of carbonyl (C=O) groups excluding carboxylic acids is 1. The molecule has 0 saturated heterocycles. The van der Waals surface area contributed by atoms with Gasteiger partial charge in [-0.2, -0.15) is 0 Å². The molecule has 0 aliphatic heterocycles. The lowest BCUT2D eigenvalue weighted by Gasteiger charge is -2.09. The van der Waals surface area contributed by atoms with Gasteiger partial charge in [0.25, 0.3) is 0 Å². The summed E-state index contributed by atoms with van der Waals surface area (Å²) < 4.78 is 25.1. The predicted molar refractivity (Wildman–Crippen MR) is 68.9 cm³/mol. The highest BCUT2D eigenvalue weighted by Gasteiger charge is 2.12. The second-order valence-electron chi connectivity index (χ2n) is 3.75. The topological polar surface area (TPSA) is 89.2 Å². The monoisotopic (exact) mass is 279 g/mol. The molecule has 1 unspecified atom stereocenters. The third-order valence-electron chi connectivity index (χ3n) is 2.25. The normalized spacial score (nSPS) is 12.4. The number of esters is 1. The smallest absolute Gasteiger partial charge is 0.322 e. The molecule has 0 spiro atoms. The first-order valence-electron chi connectivity index (χ1n) is 6.28. The molecule has 0 radical (unpaired) electrons. The minimum Gasteiger partial charge on any atom is -0.468 e. The highest BCUT2D eigenvalue weighted by atomic mass is 16.6. The zero-order chi connectivity index (χ0) is 14.3. The zero-order valence-electron chi connectivity index (χ0n) is 11.8. The van der Waals surface area contributed by atoms with Gasteiger partial charge >= 0.3 is 5.97 Å². The van der Waals surface area contributed by atoms with Crippen molar-refractivity contribution in [3.63, 3.8) is 0 Å². The van der Waals surface area contributed by atoms with E-state index in [1.807, 2.05) is 0 Å². The Kier molecular flexibility index (Phi) is 13.2. The minimum absolute atomic E-state index is 0.407. The van der Waals surface area contributed by atoms with Gasteiger partial charge in [0.1, 0.15) is 6.04 Å². The van der Waals surface area contributed by atoms with Crippen LogP contribution < -0.4 is 5.73 Å². The summed E-state index contributed by atoms with van der Waals surface area (Å²) in [5.74, 6) is -0.423. The lowest BCUT2D eigenvalue weighted by atomic mass is 10.2. The predicted octanol–water partition coefficient (Wildman–Crippen LogP) is -0.427. The van der Waals surface area contributed by atoms with E-state index in [4.69, 9.17) is 24.7 Å². The fourth-order valence-corrected chi connectivity index (χ4v) is 1.16. The first-order valence-corrected chi connectivity index (χ1v) is 6.28. The van der Waals surface area contributed by atoms with E-state index >= 15 is 0 Å². The summed E-state index contributed by atoms with van der Waals surface area (Å²) in [6, 6.07) is -0.625.